The topological polar surface area (TPSA) is 95.2 Å². The second kappa shape index (κ2) is 4.06. The summed E-state index contributed by atoms with van der Waals surface area (Å²) in [5, 5.41) is 10.7. The van der Waals surface area contributed by atoms with E-state index in [2.05, 4.69) is 0 Å². The Labute approximate surface area is 81.9 Å². The van der Waals surface area contributed by atoms with Gasteiger partial charge in [0.25, 0.3) is 5.69 Å². The SMILES string of the molecule is CC(N)Cc1ccc(N)cc1[N+](=O)[O-]. The van der Waals surface area contributed by atoms with Gasteiger partial charge in [0.05, 0.1) is 4.92 Å². The van der Waals surface area contributed by atoms with Gasteiger partial charge in [-0.2, -0.15) is 0 Å². The minimum atomic E-state index is -0.436. The van der Waals surface area contributed by atoms with Gasteiger partial charge in [0.15, 0.2) is 0 Å². The van der Waals surface area contributed by atoms with Crippen LogP contribution in [0.25, 0.3) is 0 Å². The Morgan fingerprint density at radius 3 is 2.71 bits per heavy atom. The molecule has 0 bridgehead atoms. The maximum atomic E-state index is 10.7. The van der Waals surface area contributed by atoms with Gasteiger partial charge in [0.1, 0.15) is 0 Å². The van der Waals surface area contributed by atoms with Crippen LogP contribution < -0.4 is 11.5 Å². The van der Waals surface area contributed by atoms with Gasteiger partial charge in [-0.1, -0.05) is 6.07 Å². The van der Waals surface area contributed by atoms with E-state index in [0.717, 1.165) is 0 Å². The predicted octanol–water partition coefficient (Wildman–Crippen LogP) is 1.07. The van der Waals surface area contributed by atoms with Gasteiger partial charge in [0.2, 0.25) is 0 Å². The highest BCUT2D eigenvalue weighted by Gasteiger charge is 2.14. The summed E-state index contributed by atoms with van der Waals surface area (Å²) in [5.41, 5.74) is 12.1. The molecule has 0 aliphatic heterocycles. The zero-order valence-corrected chi connectivity index (χ0v) is 7.93. The van der Waals surface area contributed by atoms with Crippen molar-refractivity contribution >= 4 is 11.4 Å². The molecule has 5 heteroatoms. The van der Waals surface area contributed by atoms with E-state index < -0.39 is 4.92 Å². The molecule has 0 heterocycles. The lowest BCUT2D eigenvalue weighted by atomic mass is 10.1. The van der Waals surface area contributed by atoms with Crippen LogP contribution in [0, 0.1) is 10.1 Å². The minimum absolute atomic E-state index is 0.0438. The normalized spacial score (nSPS) is 12.4. The standard InChI is InChI=1S/C9H13N3O2/c1-6(10)4-7-2-3-8(11)5-9(7)12(13)14/h2-3,5-6H,4,10-11H2,1H3. The summed E-state index contributed by atoms with van der Waals surface area (Å²) in [6.07, 6.45) is 0.483. The Kier molecular flexibility index (Phi) is 3.03. The molecule has 0 aliphatic rings. The molecule has 1 aromatic rings. The third-order valence-electron chi connectivity index (χ3n) is 1.85. The molecule has 4 N–H and O–H groups in total. The van der Waals surface area contributed by atoms with Crippen LogP contribution in [0.5, 0.6) is 0 Å². The van der Waals surface area contributed by atoms with E-state index in [9.17, 15) is 10.1 Å². The minimum Gasteiger partial charge on any atom is -0.399 e. The lowest BCUT2D eigenvalue weighted by Gasteiger charge is -2.06. The summed E-state index contributed by atoms with van der Waals surface area (Å²) in [5.74, 6) is 0. The molecule has 1 atom stereocenters. The van der Waals surface area contributed by atoms with Crippen LogP contribution in [0.15, 0.2) is 18.2 Å². The Morgan fingerprint density at radius 2 is 2.21 bits per heavy atom. The maximum absolute atomic E-state index is 10.7. The zero-order valence-electron chi connectivity index (χ0n) is 7.93. The summed E-state index contributed by atoms with van der Waals surface area (Å²) in [7, 11) is 0. The third-order valence-corrected chi connectivity index (χ3v) is 1.85. The van der Waals surface area contributed by atoms with Crippen LogP contribution in [0.3, 0.4) is 0 Å². The molecular formula is C9H13N3O2. The van der Waals surface area contributed by atoms with Crippen LogP contribution in [-0.4, -0.2) is 11.0 Å². The molecule has 1 aromatic carbocycles. The molecule has 1 rings (SSSR count). The molecule has 0 fully saturated rings. The van der Waals surface area contributed by atoms with Crippen LogP contribution in [0.1, 0.15) is 12.5 Å². The number of hydrogen-bond donors (Lipinski definition) is 2. The van der Waals surface area contributed by atoms with E-state index >= 15 is 0 Å². The van der Waals surface area contributed by atoms with Crippen molar-refractivity contribution in [2.75, 3.05) is 5.73 Å². The van der Waals surface area contributed by atoms with Crippen molar-refractivity contribution in [1.29, 1.82) is 0 Å². The van der Waals surface area contributed by atoms with Crippen molar-refractivity contribution in [2.45, 2.75) is 19.4 Å². The van der Waals surface area contributed by atoms with Crippen LogP contribution >= 0.6 is 0 Å². The van der Waals surface area contributed by atoms with Gasteiger partial charge in [-0.3, -0.25) is 10.1 Å². The monoisotopic (exact) mass is 195 g/mol. The first-order valence-electron chi connectivity index (χ1n) is 4.29. The summed E-state index contributed by atoms with van der Waals surface area (Å²) < 4.78 is 0. The molecule has 0 saturated heterocycles. The highest BCUT2D eigenvalue weighted by Crippen LogP contribution is 2.22. The van der Waals surface area contributed by atoms with E-state index in [1.165, 1.54) is 6.07 Å². The highest BCUT2D eigenvalue weighted by molar-refractivity contribution is 5.52. The van der Waals surface area contributed by atoms with E-state index in [1.807, 2.05) is 0 Å². The van der Waals surface area contributed by atoms with Crippen molar-refractivity contribution in [3.63, 3.8) is 0 Å². The summed E-state index contributed by atoms with van der Waals surface area (Å²) in [4.78, 5) is 10.2. The van der Waals surface area contributed by atoms with Crippen LogP contribution in [-0.2, 0) is 6.42 Å². The average molecular weight is 195 g/mol. The molecular weight excluding hydrogens is 182 g/mol. The van der Waals surface area contributed by atoms with Crippen molar-refractivity contribution in [3.8, 4) is 0 Å². The summed E-state index contributed by atoms with van der Waals surface area (Å²) in [6.45, 7) is 1.81. The fourth-order valence-electron chi connectivity index (χ4n) is 1.27. The van der Waals surface area contributed by atoms with E-state index in [0.29, 0.717) is 17.7 Å². The Morgan fingerprint density at radius 1 is 1.57 bits per heavy atom. The van der Waals surface area contributed by atoms with Gasteiger partial charge in [0, 0.05) is 23.4 Å². The first-order valence-corrected chi connectivity index (χ1v) is 4.29. The van der Waals surface area contributed by atoms with Gasteiger partial charge in [-0.05, 0) is 19.4 Å². The van der Waals surface area contributed by atoms with Crippen molar-refractivity contribution < 1.29 is 4.92 Å². The molecule has 76 valence electrons. The Bertz CT molecular complexity index is 350. The average Bonchev–Trinajstić information content (AvgIpc) is 2.07. The predicted molar refractivity (Wildman–Crippen MR) is 54.9 cm³/mol. The van der Waals surface area contributed by atoms with Gasteiger partial charge < -0.3 is 11.5 Å². The number of nitrogens with zero attached hydrogens (tertiary/aromatic N) is 1. The second-order valence-corrected chi connectivity index (χ2v) is 3.33. The number of nitrogen functional groups attached to an aromatic ring is 1. The van der Waals surface area contributed by atoms with E-state index in [1.54, 1.807) is 19.1 Å². The van der Waals surface area contributed by atoms with E-state index in [-0.39, 0.29) is 11.7 Å². The zero-order chi connectivity index (χ0) is 10.7. The van der Waals surface area contributed by atoms with Crippen molar-refractivity contribution in [3.05, 3.63) is 33.9 Å². The number of nitro groups is 1. The van der Waals surface area contributed by atoms with Crippen LogP contribution in [0.4, 0.5) is 11.4 Å². The molecule has 0 aliphatic carbocycles. The maximum Gasteiger partial charge on any atom is 0.274 e. The van der Waals surface area contributed by atoms with Gasteiger partial charge >= 0.3 is 0 Å². The van der Waals surface area contributed by atoms with Crippen LogP contribution in [0.2, 0.25) is 0 Å². The summed E-state index contributed by atoms with van der Waals surface area (Å²) >= 11 is 0. The number of nitro benzene ring substituents is 1. The Balaban J connectivity index is 3.08. The lowest BCUT2D eigenvalue weighted by Crippen LogP contribution is -2.18. The first kappa shape index (κ1) is 10.5. The molecule has 0 radical (unpaired) electrons. The molecule has 14 heavy (non-hydrogen) atoms. The summed E-state index contributed by atoms with van der Waals surface area (Å²) in [6, 6.07) is 4.55. The van der Waals surface area contributed by atoms with Gasteiger partial charge in [-0.25, -0.2) is 0 Å². The molecule has 0 aromatic heterocycles. The third kappa shape index (κ3) is 2.43. The Hall–Kier alpha value is -1.62. The number of hydrogen-bond acceptors (Lipinski definition) is 4. The van der Waals surface area contributed by atoms with Gasteiger partial charge in [-0.15, -0.1) is 0 Å². The second-order valence-electron chi connectivity index (χ2n) is 3.33. The van der Waals surface area contributed by atoms with E-state index in [4.69, 9.17) is 11.5 Å². The number of nitrogens with two attached hydrogens (primary N) is 2. The highest BCUT2D eigenvalue weighted by atomic mass is 16.6. The first-order chi connectivity index (χ1) is 6.50. The van der Waals surface area contributed by atoms with Crippen molar-refractivity contribution in [2.24, 2.45) is 5.73 Å². The quantitative estimate of drug-likeness (QED) is 0.428. The molecule has 5 nitrogen and oxygen atoms in total. The molecule has 1 unspecified atom stereocenters. The molecule has 0 amide bonds. The largest absolute Gasteiger partial charge is 0.399 e. The number of benzene rings is 1. The van der Waals surface area contributed by atoms with Crippen molar-refractivity contribution in [1.82, 2.24) is 0 Å². The smallest absolute Gasteiger partial charge is 0.274 e. The lowest BCUT2D eigenvalue weighted by molar-refractivity contribution is -0.385. The number of rotatable bonds is 3. The fourth-order valence-corrected chi connectivity index (χ4v) is 1.27. The fraction of sp³-hybridized carbons (Fsp3) is 0.333. The molecule has 0 spiro atoms. The molecule has 0 saturated carbocycles. The number of anilines is 1.